The van der Waals surface area contributed by atoms with Crippen LogP contribution in [-0.4, -0.2) is 55.2 Å². The summed E-state index contributed by atoms with van der Waals surface area (Å²) in [6, 6.07) is 17.7. The van der Waals surface area contributed by atoms with E-state index in [9.17, 15) is 14.7 Å². The summed E-state index contributed by atoms with van der Waals surface area (Å²) in [5.41, 5.74) is 1.16. The van der Waals surface area contributed by atoms with Crippen molar-refractivity contribution in [3.05, 3.63) is 77.4 Å². The Hall–Kier alpha value is -3.84. The predicted octanol–water partition coefficient (Wildman–Crippen LogP) is 5.09. The van der Waals surface area contributed by atoms with Crippen LogP contribution in [0.4, 0.5) is 0 Å². The van der Waals surface area contributed by atoms with Crippen LogP contribution in [-0.2, 0) is 14.3 Å². The van der Waals surface area contributed by atoms with Crippen LogP contribution >= 0.6 is 0 Å². The Morgan fingerprint density at radius 3 is 2.36 bits per heavy atom. The molecule has 0 spiro atoms. The molecule has 1 fully saturated rings. The van der Waals surface area contributed by atoms with Crippen LogP contribution in [0.15, 0.2) is 66.2 Å². The van der Waals surface area contributed by atoms with Crippen molar-refractivity contribution in [2.45, 2.75) is 32.4 Å². The fourth-order valence-corrected chi connectivity index (χ4v) is 4.53. The molecule has 0 bridgehead atoms. The summed E-state index contributed by atoms with van der Waals surface area (Å²) in [6.45, 7) is 4.63. The topological polar surface area (TPSA) is 85.3 Å². The number of methoxy groups -OCH3 is 2. The van der Waals surface area contributed by atoms with E-state index < -0.39 is 17.7 Å². The highest BCUT2D eigenvalue weighted by atomic mass is 16.5. The van der Waals surface area contributed by atoms with Crippen LogP contribution in [0.25, 0.3) is 16.5 Å². The van der Waals surface area contributed by atoms with Gasteiger partial charge in [0.2, 0.25) is 0 Å². The zero-order chi connectivity index (χ0) is 25.8. The molecular weight excluding hydrogens is 458 g/mol. The van der Waals surface area contributed by atoms with Gasteiger partial charge >= 0.3 is 0 Å². The largest absolute Gasteiger partial charge is 0.507 e. The van der Waals surface area contributed by atoms with E-state index >= 15 is 0 Å². The van der Waals surface area contributed by atoms with Gasteiger partial charge in [-0.3, -0.25) is 9.59 Å². The van der Waals surface area contributed by atoms with Crippen LogP contribution in [0.2, 0.25) is 0 Å². The number of nitrogens with zero attached hydrogens (tertiary/aromatic N) is 1. The van der Waals surface area contributed by atoms with Crippen molar-refractivity contribution in [2.75, 3.05) is 27.4 Å². The van der Waals surface area contributed by atoms with Crippen molar-refractivity contribution in [2.24, 2.45) is 0 Å². The molecule has 1 aliphatic heterocycles. The third-order valence-electron chi connectivity index (χ3n) is 6.28. The van der Waals surface area contributed by atoms with E-state index in [2.05, 4.69) is 0 Å². The number of Topliss-reactive ketones (excluding diaryl/α,β-unsaturated/α-hetero) is 1. The number of amides is 1. The summed E-state index contributed by atoms with van der Waals surface area (Å²) in [5.74, 6) is -0.584. The Labute approximate surface area is 210 Å². The molecule has 1 atom stereocenters. The molecule has 0 radical (unpaired) electrons. The number of rotatable bonds is 9. The Morgan fingerprint density at radius 1 is 0.944 bits per heavy atom. The van der Waals surface area contributed by atoms with E-state index in [1.165, 1.54) is 19.1 Å². The van der Waals surface area contributed by atoms with E-state index in [0.29, 0.717) is 42.2 Å². The van der Waals surface area contributed by atoms with Crippen molar-refractivity contribution in [3.63, 3.8) is 0 Å². The van der Waals surface area contributed by atoms with Gasteiger partial charge < -0.3 is 24.2 Å². The van der Waals surface area contributed by atoms with Crippen molar-refractivity contribution < 1.29 is 28.9 Å². The maximum atomic E-state index is 13.3. The average Bonchev–Trinajstić information content (AvgIpc) is 3.14. The molecule has 1 amide bonds. The molecule has 1 N–H and O–H groups in total. The number of benzene rings is 3. The molecule has 1 saturated heterocycles. The van der Waals surface area contributed by atoms with E-state index in [4.69, 9.17) is 14.2 Å². The first-order valence-corrected chi connectivity index (χ1v) is 12.0. The van der Waals surface area contributed by atoms with E-state index in [-0.39, 0.29) is 17.4 Å². The summed E-state index contributed by atoms with van der Waals surface area (Å²) >= 11 is 0. The molecule has 0 aromatic heterocycles. The second kappa shape index (κ2) is 10.8. The SMILES string of the molecule is COc1ccc(C2/C(=C(\O)c3ccc4ccccc4c3)C(=O)C(=O)N2CCCOC(C)C)cc1OC. The summed E-state index contributed by atoms with van der Waals surface area (Å²) in [6.07, 6.45) is 0.611. The normalized spacial score (nSPS) is 17.2. The number of carbonyl (C=O) groups is 2. The van der Waals surface area contributed by atoms with E-state index in [0.717, 1.165) is 10.8 Å². The number of ketones is 1. The Morgan fingerprint density at radius 2 is 1.67 bits per heavy atom. The van der Waals surface area contributed by atoms with Gasteiger partial charge in [0, 0.05) is 18.7 Å². The van der Waals surface area contributed by atoms with Crippen LogP contribution < -0.4 is 9.47 Å². The number of hydrogen-bond donors (Lipinski definition) is 1. The van der Waals surface area contributed by atoms with Crippen LogP contribution in [0.1, 0.15) is 37.4 Å². The second-order valence-corrected chi connectivity index (χ2v) is 8.94. The summed E-state index contributed by atoms with van der Waals surface area (Å²) in [4.78, 5) is 28.0. The lowest BCUT2D eigenvalue weighted by Gasteiger charge is -2.26. The first-order valence-electron chi connectivity index (χ1n) is 12.0. The van der Waals surface area contributed by atoms with Crippen LogP contribution in [0, 0.1) is 0 Å². The summed E-state index contributed by atoms with van der Waals surface area (Å²) < 4.78 is 16.5. The second-order valence-electron chi connectivity index (χ2n) is 8.94. The van der Waals surface area contributed by atoms with Gasteiger partial charge in [0.15, 0.2) is 11.5 Å². The van der Waals surface area contributed by atoms with Gasteiger partial charge in [-0.2, -0.15) is 0 Å². The van der Waals surface area contributed by atoms with Crippen LogP contribution in [0.3, 0.4) is 0 Å². The molecule has 7 nitrogen and oxygen atoms in total. The van der Waals surface area contributed by atoms with Gasteiger partial charge in [-0.1, -0.05) is 42.5 Å². The van der Waals surface area contributed by atoms with Crippen molar-refractivity contribution in [1.29, 1.82) is 0 Å². The molecule has 3 aromatic rings. The standard InChI is InChI=1S/C29H31NO6/c1-18(2)36-15-7-14-30-26(21-12-13-23(34-3)24(17-21)35-4)25(28(32)29(30)33)27(31)22-11-10-19-8-5-6-9-20(19)16-22/h5-6,8-13,16-18,26,31H,7,14-15H2,1-4H3/b27-25+. The molecule has 1 aliphatic rings. The van der Waals surface area contributed by atoms with Gasteiger partial charge in [0.1, 0.15) is 5.76 Å². The first-order chi connectivity index (χ1) is 17.3. The van der Waals surface area contributed by atoms with Gasteiger partial charge in [-0.25, -0.2) is 0 Å². The highest BCUT2D eigenvalue weighted by Crippen LogP contribution is 2.42. The highest BCUT2D eigenvalue weighted by Gasteiger charge is 2.46. The quantitative estimate of drug-likeness (QED) is 0.195. The molecule has 3 aromatic carbocycles. The number of aliphatic hydroxyl groups is 1. The molecule has 0 aliphatic carbocycles. The monoisotopic (exact) mass is 489 g/mol. The van der Waals surface area contributed by atoms with Gasteiger partial charge in [0.05, 0.1) is 31.9 Å². The molecular formula is C29H31NO6. The number of fused-ring (bicyclic) bond motifs is 1. The zero-order valence-electron chi connectivity index (χ0n) is 21.0. The Kier molecular flexibility index (Phi) is 7.60. The molecule has 1 unspecified atom stereocenters. The molecule has 4 rings (SSSR count). The van der Waals surface area contributed by atoms with E-state index in [1.807, 2.05) is 50.2 Å². The zero-order valence-corrected chi connectivity index (χ0v) is 21.0. The number of carbonyl (C=O) groups excluding carboxylic acids is 2. The van der Waals surface area contributed by atoms with Gasteiger partial charge in [0.25, 0.3) is 11.7 Å². The summed E-state index contributed by atoms with van der Waals surface area (Å²) in [7, 11) is 3.06. The fraction of sp³-hybridized carbons (Fsp3) is 0.310. The minimum Gasteiger partial charge on any atom is -0.507 e. The predicted molar refractivity (Wildman–Crippen MR) is 138 cm³/mol. The smallest absolute Gasteiger partial charge is 0.295 e. The van der Waals surface area contributed by atoms with Gasteiger partial charge in [-0.05, 0) is 54.8 Å². The lowest BCUT2D eigenvalue weighted by molar-refractivity contribution is -0.140. The molecule has 188 valence electrons. The van der Waals surface area contributed by atoms with E-state index in [1.54, 1.807) is 24.3 Å². The Balaban J connectivity index is 1.81. The van der Waals surface area contributed by atoms with Crippen molar-refractivity contribution in [1.82, 2.24) is 4.90 Å². The minimum absolute atomic E-state index is 0.0484. The number of aliphatic hydroxyl groups excluding tert-OH is 1. The highest BCUT2D eigenvalue weighted by molar-refractivity contribution is 6.46. The minimum atomic E-state index is -0.782. The maximum absolute atomic E-state index is 13.3. The average molecular weight is 490 g/mol. The van der Waals surface area contributed by atoms with Crippen molar-refractivity contribution >= 4 is 28.2 Å². The third-order valence-corrected chi connectivity index (χ3v) is 6.28. The molecule has 0 saturated carbocycles. The summed E-state index contributed by atoms with van der Waals surface area (Å²) in [5, 5.41) is 13.3. The third kappa shape index (κ3) is 4.93. The fourth-order valence-electron chi connectivity index (χ4n) is 4.53. The Bertz CT molecular complexity index is 1310. The lowest BCUT2D eigenvalue weighted by Crippen LogP contribution is -2.31. The lowest BCUT2D eigenvalue weighted by atomic mass is 9.94. The maximum Gasteiger partial charge on any atom is 0.295 e. The van der Waals surface area contributed by atoms with Crippen molar-refractivity contribution in [3.8, 4) is 11.5 Å². The van der Waals surface area contributed by atoms with Crippen LogP contribution in [0.5, 0.6) is 11.5 Å². The number of hydrogen-bond acceptors (Lipinski definition) is 6. The van der Waals surface area contributed by atoms with Gasteiger partial charge in [-0.15, -0.1) is 0 Å². The first kappa shape index (κ1) is 25.3. The molecule has 36 heavy (non-hydrogen) atoms. The molecule has 7 heteroatoms. The number of likely N-dealkylation sites (tertiary alicyclic amines) is 1. The number of ether oxygens (including phenoxy) is 3. The molecule has 1 heterocycles.